The first kappa shape index (κ1) is 18.9. The standard InChI is InChI=1S/C20H28ClN3O2/c1-26-19-8-7-17(15-18(19)21)23-11-13-24(14-12-23)20(25)22-10-9-16-5-3-2-4-6-16/h5,7-8,15H,2-4,6,9-14H2,1H3,(H,22,25). The van der Waals surface area contributed by atoms with Crippen LogP contribution < -0.4 is 15.0 Å². The molecule has 6 heteroatoms. The van der Waals surface area contributed by atoms with Crippen LogP contribution >= 0.6 is 11.6 Å². The Kier molecular flexibility index (Phi) is 6.67. The minimum atomic E-state index is 0.0498. The summed E-state index contributed by atoms with van der Waals surface area (Å²) in [6.07, 6.45) is 8.31. The lowest BCUT2D eigenvalue weighted by molar-refractivity contribution is 0.194. The number of carbonyl (C=O) groups is 1. The van der Waals surface area contributed by atoms with E-state index in [0.717, 1.165) is 44.8 Å². The summed E-state index contributed by atoms with van der Waals surface area (Å²) in [6.45, 7) is 3.79. The van der Waals surface area contributed by atoms with E-state index in [1.165, 1.54) is 31.3 Å². The monoisotopic (exact) mass is 377 g/mol. The maximum atomic E-state index is 12.4. The molecule has 0 aromatic heterocycles. The molecule has 0 radical (unpaired) electrons. The van der Waals surface area contributed by atoms with Gasteiger partial charge in [0.25, 0.3) is 0 Å². The molecule has 26 heavy (non-hydrogen) atoms. The summed E-state index contributed by atoms with van der Waals surface area (Å²) in [5, 5.41) is 3.68. The zero-order chi connectivity index (χ0) is 18.4. The zero-order valence-corrected chi connectivity index (χ0v) is 16.2. The van der Waals surface area contributed by atoms with Crippen LogP contribution in [-0.4, -0.2) is 50.8 Å². The van der Waals surface area contributed by atoms with Gasteiger partial charge in [-0.15, -0.1) is 0 Å². The molecular formula is C20H28ClN3O2. The highest BCUT2D eigenvalue weighted by Gasteiger charge is 2.21. The van der Waals surface area contributed by atoms with Crippen LogP contribution in [0.15, 0.2) is 29.8 Å². The molecule has 3 rings (SSSR count). The van der Waals surface area contributed by atoms with Gasteiger partial charge in [0.2, 0.25) is 0 Å². The number of nitrogens with zero attached hydrogens (tertiary/aromatic N) is 2. The Balaban J connectivity index is 1.43. The van der Waals surface area contributed by atoms with E-state index >= 15 is 0 Å². The fraction of sp³-hybridized carbons (Fsp3) is 0.550. The van der Waals surface area contributed by atoms with Gasteiger partial charge in [0, 0.05) is 38.4 Å². The maximum absolute atomic E-state index is 12.4. The third-order valence-corrected chi connectivity index (χ3v) is 5.47. The van der Waals surface area contributed by atoms with Gasteiger partial charge >= 0.3 is 6.03 Å². The molecule has 1 N–H and O–H groups in total. The van der Waals surface area contributed by atoms with Crippen molar-refractivity contribution in [3.05, 3.63) is 34.9 Å². The van der Waals surface area contributed by atoms with Gasteiger partial charge in [-0.1, -0.05) is 23.3 Å². The highest BCUT2D eigenvalue weighted by Crippen LogP contribution is 2.29. The Morgan fingerprint density at radius 3 is 2.69 bits per heavy atom. The number of anilines is 1. The van der Waals surface area contributed by atoms with Gasteiger partial charge < -0.3 is 19.9 Å². The highest BCUT2D eigenvalue weighted by molar-refractivity contribution is 6.32. The second kappa shape index (κ2) is 9.17. The number of benzene rings is 1. The summed E-state index contributed by atoms with van der Waals surface area (Å²) in [4.78, 5) is 16.5. The molecule has 2 aliphatic rings. The molecule has 1 aliphatic carbocycles. The Morgan fingerprint density at radius 2 is 2.04 bits per heavy atom. The second-order valence-corrected chi connectivity index (χ2v) is 7.29. The molecule has 1 aliphatic heterocycles. The second-order valence-electron chi connectivity index (χ2n) is 6.88. The lowest BCUT2D eigenvalue weighted by atomic mass is 9.97. The van der Waals surface area contributed by atoms with Crippen LogP contribution in [0.1, 0.15) is 32.1 Å². The predicted octanol–water partition coefficient (Wildman–Crippen LogP) is 4.07. The van der Waals surface area contributed by atoms with E-state index in [9.17, 15) is 4.79 Å². The van der Waals surface area contributed by atoms with Crippen LogP contribution in [0, 0.1) is 0 Å². The van der Waals surface area contributed by atoms with E-state index in [2.05, 4.69) is 16.3 Å². The number of urea groups is 1. The molecule has 0 atom stereocenters. The summed E-state index contributed by atoms with van der Waals surface area (Å²) >= 11 is 6.22. The van der Waals surface area contributed by atoms with Crippen molar-refractivity contribution in [2.24, 2.45) is 0 Å². The summed E-state index contributed by atoms with van der Waals surface area (Å²) in [5.41, 5.74) is 2.57. The summed E-state index contributed by atoms with van der Waals surface area (Å²) < 4.78 is 5.20. The molecule has 1 heterocycles. The smallest absolute Gasteiger partial charge is 0.317 e. The molecule has 1 saturated heterocycles. The summed E-state index contributed by atoms with van der Waals surface area (Å²) in [7, 11) is 1.61. The number of allylic oxidation sites excluding steroid dienone is 1. The number of halogens is 1. The van der Waals surface area contributed by atoms with E-state index in [4.69, 9.17) is 16.3 Å². The van der Waals surface area contributed by atoms with Crippen molar-refractivity contribution in [2.45, 2.75) is 32.1 Å². The van der Waals surface area contributed by atoms with E-state index in [1.807, 2.05) is 23.1 Å². The quantitative estimate of drug-likeness (QED) is 0.786. The molecule has 1 aromatic carbocycles. The zero-order valence-electron chi connectivity index (χ0n) is 15.5. The largest absolute Gasteiger partial charge is 0.495 e. The third-order valence-electron chi connectivity index (χ3n) is 5.17. The fourth-order valence-electron chi connectivity index (χ4n) is 3.59. The number of nitrogens with one attached hydrogen (secondary N) is 1. The number of hydrogen-bond acceptors (Lipinski definition) is 3. The van der Waals surface area contributed by atoms with Crippen LogP contribution in [-0.2, 0) is 0 Å². The molecule has 2 amide bonds. The normalized spacial score (nSPS) is 17.7. The molecule has 0 unspecified atom stereocenters. The SMILES string of the molecule is COc1ccc(N2CCN(C(=O)NCCC3=CCCCC3)CC2)cc1Cl. The first-order valence-corrected chi connectivity index (χ1v) is 9.84. The third kappa shape index (κ3) is 4.85. The number of methoxy groups -OCH3 is 1. The molecular weight excluding hydrogens is 350 g/mol. The van der Waals surface area contributed by atoms with Crippen molar-refractivity contribution in [3.8, 4) is 5.75 Å². The van der Waals surface area contributed by atoms with E-state index in [0.29, 0.717) is 10.8 Å². The number of amides is 2. The van der Waals surface area contributed by atoms with Gasteiger partial charge in [0.05, 0.1) is 12.1 Å². The minimum absolute atomic E-state index is 0.0498. The molecule has 0 saturated carbocycles. The van der Waals surface area contributed by atoms with E-state index < -0.39 is 0 Å². The first-order chi connectivity index (χ1) is 12.7. The van der Waals surface area contributed by atoms with Crippen LogP contribution in [0.4, 0.5) is 10.5 Å². The molecule has 0 spiro atoms. The summed E-state index contributed by atoms with van der Waals surface area (Å²) in [5.74, 6) is 0.682. The van der Waals surface area contributed by atoms with E-state index in [-0.39, 0.29) is 6.03 Å². The molecule has 0 bridgehead atoms. The topological polar surface area (TPSA) is 44.8 Å². The molecule has 142 valence electrons. The lowest BCUT2D eigenvalue weighted by Gasteiger charge is -2.36. The molecule has 1 fully saturated rings. The average Bonchev–Trinajstić information content (AvgIpc) is 2.69. The lowest BCUT2D eigenvalue weighted by Crippen LogP contribution is -2.52. The van der Waals surface area contributed by atoms with Gasteiger partial charge in [-0.05, 0) is 50.3 Å². The number of carbonyl (C=O) groups excluding carboxylic acids is 1. The number of rotatable bonds is 5. The summed E-state index contributed by atoms with van der Waals surface area (Å²) in [6, 6.07) is 5.87. The van der Waals surface area contributed by atoms with Crippen LogP contribution in [0.5, 0.6) is 5.75 Å². The Bertz CT molecular complexity index is 654. The maximum Gasteiger partial charge on any atom is 0.317 e. The van der Waals surface area contributed by atoms with Crippen molar-refractivity contribution in [3.63, 3.8) is 0 Å². The fourth-order valence-corrected chi connectivity index (χ4v) is 3.85. The van der Waals surface area contributed by atoms with Crippen LogP contribution in [0.25, 0.3) is 0 Å². The number of ether oxygens (including phenoxy) is 1. The predicted molar refractivity (Wildman–Crippen MR) is 106 cm³/mol. The van der Waals surface area contributed by atoms with Gasteiger partial charge in [-0.3, -0.25) is 0 Å². The Morgan fingerprint density at radius 1 is 1.23 bits per heavy atom. The van der Waals surface area contributed by atoms with Crippen molar-refractivity contribution >= 4 is 23.3 Å². The average molecular weight is 378 g/mol. The Labute approximate surface area is 160 Å². The molecule has 5 nitrogen and oxygen atoms in total. The molecule has 1 aromatic rings. The van der Waals surface area contributed by atoms with E-state index in [1.54, 1.807) is 7.11 Å². The minimum Gasteiger partial charge on any atom is -0.495 e. The highest BCUT2D eigenvalue weighted by atomic mass is 35.5. The van der Waals surface area contributed by atoms with Crippen molar-refractivity contribution < 1.29 is 9.53 Å². The van der Waals surface area contributed by atoms with Gasteiger partial charge in [0.1, 0.15) is 5.75 Å². The Hall–Kier alpha value is -1.88. The van der Waals surface area contributed by atoms with Crippen molar-refractivity contribution in [1.29, 1.82) is 0 Å². The van der Waals surface area contributed by atoms with Gasteiger partial charge in [-0.25, -0.2) is 4.79 Å². The number of piperazine rings is 1. The van der Waals surface area contributed by atoms with Crippen molar-refractivity contribution in [1.82, 2.24) is 10.2 Å². The van der Waals surface area contributed by atoms with Crippen LogP contribution in [0.2, 0.25) is 5.02 Å². The number of hydrogen-bond donors (Lipinski definition) is 1. The van der Waals surface area contributed by atoms with Gasteiger partial charge in [-0.2, -0.15) is 0 Å². The van der Waals surface area contributed by atoms with Gasteiger partial charge in [0.15, 0.2) is 0 Å². The van der Waals surface area contributed by atoms with Crippen LogP contribution in [0.3, 0.4) is 0 Å². The van der Waals surface area contributed by atoms with Crippen molar-refractivity contribution in [2.75, 3.05) is 44.7 Å². The first-order valence-electron chi connectivity index (χ1n) is 9.46.